The number of hydrogen-bond acceptors (Lipinski definition) is 4. The standard InChI is InChI=1S/C25H19N3OS/c1-16-13-20-22(14-17(16)2)30-25(27-20)28-23(19-11-7-4-8-12-19)26-21(24(28)29)15-18-9-5-3-6-10-18/h3-15H,1-2H3. The molecular formula is C25H19N3OS. The third-order valence-electron chi connectivity index (χ3n) is 5.18. The van der Waals surface area contributed by atoms with Crippen LogP contribution in [0.25, 0.3) is 16.3 Å². The summed E-state index contributed by atoms with van der Waals surface area (Å²) in [6, 6.07) is 23.8. The lowest BCUT2D eigenvalue weighted by Gasteiger charge is -2.14. The number of hydrogen-bond donors (Lipinski definition) is 0. The van der Waals surface area contributed by atoms with Gasteiger partial charge in [0.1, 0.15) is 11.5 Å². The maximum Gasteiger partial charge on any atom is 0.284 e. The summed E-state index contributed by atoms with van der Waals surface area (Å²) in [5, 5.41) is 0.638. The highest BCUT2D eigenvalue weighted by Gasteiger charge is 2.34. The van der Waals surface area contributed by atoms with Gasteiger partial charge in [-0.15, -0.1) is 0 Å². The van der Waals surface area contributed by atoms with Crippen LogP contribution in [-0.2, 0) is 4.79 Å². The van der Waals surface area contributed by atoms with Gasteiger partial charge in [0.25, 0.3) is 5.91 Å². The van der Waals surface area contributed by atoms with E-state index in [1.807, 2.05) is 66.7 Å². The average Bonchev–Trinajstić information content (AvgIpc) is 3.30. The molecule has 0 saturated carbocycles. The van der Waals surface area contributed by atoms with Crippen molar-refractivity contribution in [2.45, 2.75) is 13.8 Å². The molecule has 0 bridgehead atoms. The Kier molecular flexibility index (Phi) is 4.52. The lowest BCUT2D eigenvalue weighted by Crippen LogP contribution is -2.32. The van der Waals surface area contributed by atoms with E-state index in [1.54, 1.807) is 4.90 Å². The van der Waals surface area contributed by atoms with Crippen molar-refractivity contribution in [1.82, 2.24) is 4.98 Å². The first kappa shape index (κ1) is 18.5. The van der Waals surface area contributed by atoms with Gasteiger partial charge >= 0.3 is 0 Å². The lowest BCUT2D eigenvalue weighted by molar-refractivity contribution is -0.113. The molecule has 0 aliphatic carbocycles. The third-order valence-corrected chi connectivity index (χ3v) is 6.18. The maximum atomic E-state index is 13.4. The molecule has 0 atom stereocenters. The largest absolute Gasteiger partial charge is 0.284 e. The second-order valence-corrected chi connectivity index (χ2v) is 8.29. The Bertz CT molecular complexity index is 1280. The van der Waals surface area contributed by atoms with E-state index in [-0.39, 0.29) is 5.91 Å². The average molecular weight is 410 g/mol. The lowest BCUT2D eigenvalue weighted by atomic mass is 10.1. The molecule has 5 rings (SSSR count). The predicted molar refractivity (Wildman–Crippen MR) is 124 cm³/mol. The van der Waals surface area contributed by atoms with Gasteiger partial charge in [0.2, 0.25) is 0 Å². The summed E-state index contributed by atoms with van der Waals surface area (Å²) in [5.41, 5.74) is 5.54. The first-order valence-electron chi connectivity index (χ1n) is 9.73. The Morgan fingerprint density at radius 2 is 1.57 bits per heavy atom. The van der Waals surface area contributed by atoms with E-state index in [4.69, 9.17) is 9.98 Å². The Morgan fingerprint density at radius 1 is 0.900 bits per heavy atom. The van der Waals surface area contributed by atoms with Gasteiger partial charge in [0.15, 0.2) is 5.13 Å². The minimum atomic E-state index is -0.162. The van der Waals surface area contributed by atoms with Gasteiger partial charge < -0.3 is 0 Å². The van der Waals surface area contributed by atoms with E-state index in [9.17, 15) is 4.79 Å². The molecule has 146 valence electrons. The van der Waals surface area contributed by atoms with Crippen LogP contribution in [0.3, 0.4) is 0 Å². The van der Waals surface area contributed by atoms with Gasteiger partial charge in [-0.3, -0.25) is 4.79 Å². The molecule has 1 aliphatic heterocycles. The highest BCUT2D eigenvalue weighted by atomic mass is 32.1. The van der Waals surface area contributed by atoms with Gasteiger partial charge in [-0.1, -0.05) is 72.0 Å². The summed E-state index contributed by atoms with van der Waals surface area (Å²) in [4.78, 5) is 24.6. The summed E-state index contributed by atoms with van der Waals surface area (Å²) in [6.07, 6.45) is 1.83. The van der Waals surface area contributed by atoms with E-state index in [0.29, 0.717) is 16.7 Å². The van der Waals surface area contributed by atoms with Crippen LogP contribution in [0, 0.1) is 13.8 Å². The van der Waals surface area contributed by atoms with Crippen molar-refractivity contribution in [2.24, 2.45) is 4.99 Å². The molecule has 4 aromatic rings. The van der Waals surface area contributed by atoms with Crippen LogP contribution in [0.4, 0.5) is 5.13 Å². The minimum Gasteiger partial charge on any atom is -0.266 e. The number of nitrogens with zero attached hydrogens (tertiary/aromatic N) is 3. The normalized spacial score (nSPS) is 15.3. The molecule has 0 radical (unpaired) electrons. The molecule has 5 heteroatoms. The SMILES string of the molecule is Cc1cc2nc(N3C(=O)C(=Cc4ccccc4)N=C3c3ccccc3)sc2cc1C. The predicted octanol–water partition coefficient (Wildman–Crippen LogP) is 5.75. The molecule has 0 spiro atoms. The van der Waals surface area contributed by atoms with E-state index < -0.39 is 0 Å². The van der Waals surface area contributed by atoms with Crippen molar-refractivity contribution >= 4 is 44.5 Å². The fourth-order valence-corrected chi connectivity index (χ4v) is 4.49. The summed E-state index contributed by atoms with van der Waals surface area (Å²) in [6.45, 7) is 4.17. The molecule has 4 nitrogen and oxygen atoms in total. The Balaban J connectivity index is 1.65. The number of amides is 1. The summed E-state index contributed by atoms with van der Waals surface area (Å²) < 4.78 is 1.06. The topological polar surface area (TPSA) is 45.6 Å². The number of anilines is 1. The van der Waals surface area contributed by atoms with Gasteiger partial charge in [0.05, 0.1) is 10.2 Å². The van der Waals surface area contributed by atoms with Crippen LogP contribution in [0.5, 0.6) is 0 Å². The van der Waals surface area contributed by atoms with Gasteiger partial charge in [0, 0.05) is 5.56 Å². The number of carbonyl (C=O) groups is 1. The fourth-order valence-electron chi connectivity index (χ4n) is 3.45. The number of rotatable bonds is 3. The second kappa shape index (κ2) is 7.35. The van der Waals surface area contributed by atoms with Crippen molar-refractivity contribution in [3.8, 4) is 0 Å². The number of aliphatic imine (C=N–C) groups is 1. The van der Waals surface area contributed by atoms with Crippen LogP contribution in [0.15, 0.2) is 83.5 Å². The molecule has 1 aliphatic rings. The van der Waals surface area contributed by atoms with E-state index >= 15 is 0 Å². The van der Waals surface area contributed by atoms with Crippen molar-refractivity contribution < 1.29 is 4.79 Å². The Morgan fingerprint density at radius 3 is 2.30 bits per heavy atom. The number of aryl methyl sites for hydroxylation is 2. The molecule has 0 unspecified atom stereocenters. The van der Waals surface area contributed by atoms with Crippen LogP contribution < -0.4 is 4.90 Å². The van der Waals surface area contributed by atoms with Gasteiger partial charge in [-0.25, -0.2) is 14.9 Å². The van der Waals surface area contributed by atoms with Crippen LogP contribution >= 0.6 is 11.3 Å². The van der Waals surface area contributed by atoms with Crippen molar-refractivity contribution in [1.29, 1.82) is 0 Å². The monoisotopic (exact) mass is 409 g/mol. The fraction of sp³-hybridized carbons (Fsp3) is 0.0800. The summed E-state index contributed by atoms with van der Waals surface area (Å²) in [7, 11) is 0. The number of thiazole rings is 1. The molecule has 2 heterocycles. The zero-order valence-electron chi connectivity index (χ0n) is 16.7. The molecule has 3 aromatic carbocycles. The molecule has 1 aromatic heterocycles. The highest BCUT2D eigenvalue weighted by molar-refractivity contribution is 7.22. The Hall–Kier alpha value is -3.57. The van der Waals surface area contributed by atoms with Gasteiger partial charge in [-0.2, -0.15) is 0 Å². The van der Waals surface area contributed by atoms with Crippen LogP contribution in [-0.4, -0.2) is 16.7 Å². The first-order chi connectivity index (χ1) is 14.6. The van der Waals surface area contributed by atoms with E-state index in [0.717, 1.165) is 21.3 Å². The van der Waals surface area contributed by atoms with Crippen molar-refractivity contribution in [3.63, 3.8) is 0 Å². The Labute approximate surface area is 178 Å². The van der Waals surface area contributed by atoms with E-state index in [1.165, 1.54) is 22.5 Å². The van der Waals surface area contributed by atoms with Gasteiger partial charge in [-0.05, 0) is 48.7 Å². The molecular weight excluding hydrogens is 390 g/mol. The quantitative estimate of drug-likeness (QED) is 0.405. The molecule has 30 heavy (non-hydrogen) atoms. The van der Waals surface area contributed by atoms with E-state index in [2.05, 4.69) is 26.0 Å². The molecule has 0 N–H and O–H groups in total. The van der Waals surface area contributed by atoms with Crippen LogP contribution in [0.2, 0.25) is 0 Å². The second-order valence-electron chi connectivity index (χ2n) is 7.28. The summed E-state index contributed by atoms with van der Waals surface area (Å²) in [5.74, 6) is 0.445. The molecule has 0 fully saturated rings. The summed E-state index contributed by atoms with van der Waals surface area (Å²) >= 11 is 1.51. The first-order valence-corrected chi connectivity index (χ1v) is 10.5. The van der Waals surface area contributed by atoms with Crippen LogP contribution in [0.1, 0.15) is 22.3 Å². The molecule has 1 amide bonds. The third kappa shape index (κ3) is 3.23. The zero-order chi connectivity index (χ0) is 20.7. The zero-order valence-corrected chi connectivity index (χ0v) is 17.5. The maximum absolute atomic E-state index is 13.4. The minimum absolute atomic E-state index is 0.162. The highest BCUT2D eigenvalue weighted by Crippen LogP contribution is 2.35. The number of carbonyl (C=O) groups excluding carboxylic acids is 1. The van der Waals surface area contributed by atoms with Crippen molar-refractivity contribution in [3.05, 3.63) is 101 Å². The number of amidine groups is 1. The number of fused-ring (bicyclic) bond motifs is 1. The smallest absolute Gasteiger partial charge is 0.266 e. The molecule has 0 saturated heterocycles. The van der Waals surface area contributed by atoms with Crippen molar-refractivity contribution in [2.75, 3.05) is 4.90 Å². The number of benzene rings is 3. The number of aromatic nitrogens is 1.